The summed E-state index contributed by atoms with van der Waals surface area (Å²) in [4.78, 5) is 0. The highest BCUT2D eigenvalue weighted by Gasteiger charge is 2.32. The first-order valence-corrected chi connectivity index (χ1v) is 8.23. The quantitative estimate of drug-likeness (QED) is 0.825. The van der Waals surface area contributed by atoms with Gasteiger partial charge in [0.2, 0.25) is 0 Å². The molecule has 3 nitrogen and oxygen atoms in total. The van der Waals surface area contributed by atoms with Crippen molar-refractivity contribution in [2.45, 2.75) is 58.8 Å². The third-order valence-electron chi connectivity index (χ3n) is 4.00. The van der Waals surface area contributed by atoms with Crippen molar-refractivity contribution in [2.75, 3.05) is 13.2 Å². The van der Waals surface area contributed by atoms with Crippen LogP contribution in [0, 0.1) is 5.92 Å². The van der Waals surface area contributed by atoms with Crippen LogP contribution >= 0.6 is 0 Å². The van der Waals surface area contributed by atoms with E-state index in [0.717, 1.165) is 31.7 Å². The van der Waals surface area contributed by atoms with Crippen molar-refractivity contribution in [3.63, 3.8) is 0 Å². The zero-order valence-corrected chi connectivity index (χ0v) is 13.8. The summed E-state index contributed by atoms with van der Waals surface area (Å²) in [6.07, 6.45) is 2.77. The molecule has 1 aliphatic rings. The van der Waals surface area contributed by atoms with Crippen LogP contribution in [-0.2, 0) is 4.74 Å². The normalized spacial score (nSPS) is 23.5. The molecule has 0 radical (unpaired) electrons. The molecular weight excluding hydrogens is 262 g/mol. The van der Waals surface area contributed by atoms with Crippen molar-refractivity contribution in [3.8, 4) is 5.75 Å². The van der Waals surface area contributed by atoms with Gasteiger partial charge in [0.05, 0.1) is 18.2 Å². The Labute approximate surface area is 129 Å². The Bertz CT molecular complexity index is 416. The Balaban J connectivity index is 2.12. The molecule has 1 saturated heterocycles. The molecule has 0 spiro atoms. The van der Waals surface area contributed by atoms with Crippen molar-refractivity contribution >= 4 is 0 Å². The van der Waals surface area contributed by atoms with E-state index in [-0.39, 0.29) is 18.2 Å². The molecule has 0 amide bonds. The summed E-state index contributed by atoms with van der Waals surface area (Å²) in [7, 11) is 0. The number of hydrogen-bond acceptors (Lipinski definition) is 3. The highest BCUT2D eigenvalue weighted by molar-refractivity contribution is 5.30. The molecule has 3 heteroatoms. The number of hydrogen-bond donors (Lipinski definition) is 1. The van der Waals surface area contributed by atoms with E-state index >= 15 is 0 Å². The smallest absolute Gasteiger partial charge is 0.119 e. The van der Waals surface area contributed by atoms with Crippen molar-refractivity contribution in [2.24, 2.45) is 5.92 Å². The molecule has 0 bridgehead atoms. The van der Waals surface area contributed by atoms with E-state index in [2.05, 4.69) is 43.4 Å². The molecule has 1 heterocycles. The van der Waals surface area contributed by atoms with E-state index in [0.29, 0.717) is 5.92 Å². The van der Waals surface area contributed by atoms with E-state index < -0.39 is 0 Å². The fraction of sp³-hybridized carbons (Fsp3) is 0.667. The number of ether oxygens (including phenoxy) is 2. The van der Waals surface area contributed by atoms with E-state index in [1.807, 2.05) is 13.8 Å². The molecule has 21 heavy (non-hydrogen) atoms. The molecule has 3 unspecified atom stereocenters. The van der Waals surface area contributed by atoms with Crippen LogP contribution in [0.25, 0.3) is 0 Å². The monoisotopic (exact) mass is 291 g/mol. The van der Waals surface area contributed by atoms with Gasteiger partial charge >= 0.3 is 0 Å². The van der Waals surface area contributed by atoms with E-state index in [4.69, 9.17) is 9.47 Å². The van der Waals surface area contributed by atoms with Crippen molar-refractivity contribution in [1.82, 2.24) is 5.32 Å². The van der Waals surface area contributed by atoms with Gasteiger partial charge in [0.25, 0.3) is 0 Å². The third kappa shape index (κ3) is 4.45. The Morgan fingerprint density at radius 1 is 1.29 bits per heavy atom. The molecule has 1 N–H and O–H groups in total. The summed E-state index contributed by atoms with van der Waals surface area (Å²) in [5.74, 6) is 1.54. The van der Waals surface area contributed by atoms with Crippen molar-refractivity contribution < 1.29 is 9.47 Å². The molecule has 0 saturated carbocycles. The molecule has 3 atom stereocenters. The van der Waals surface area contributed by atoms with Crippen LogP contribution in [-0.4, -0.2) is 25.4 Å². The third-order valence-corrected chi connectivity index (χ3v) is 4.00. The molecular formula is C18H29NO2. The fourth-order valence-corrected chi connectivity index (χ4v) is 2.89. The topological polar surface area (TPSA) is 30.5 Å². The van der Waals surface area contributed by atoms with Gasteiger partial charge in [-0.25, -0.2) is 0 Å². The number of nitrogens with one attached hydrogen (secondary N) is 1. The predicted molar refractivity (Wildman–Crippen MR) is 86.8 cm³/mol. The molecule has 1 aromatic carbocycles. The molecule has 1 fully saturated rings. The summed E-state index contributed by atoms with van der Waals surface area (Å²) in [5.41, 5.74) is 1.29. The molecule has 1 aliphatic heterocycles. The lowest BCUT2D eigenvalue weighted by molar-refractivity contribution is 0.0607. The summed E-state index contributed by atoms with van der Waals surface area (Å²) < 4.78 is 11.7. The van der Waals surface area contributed by atoms with Gasteiger partial charge in [-0.15, -0.1) is 0 Å². The summed E-state index contributed by atoms with van der Waals surface area (Å²) in [5, 5.41) is 3.65. The first kappa shape index (κ1) is 16.3. The molecule has 1 aromatic rings. The highest BCUT2D eigenvalue weighted by atomic mass is 16.5. The maximum absolute atomic E-state index is 5.98. The summed E-state index contributed by atoms with van der Waals surface area (Å²) in [6, 6.07) is 8.74. The Hall–Kier alpha value is -1.06. The van der Waals surface area contributed by atoms with Crippen LogP contribution in [0.3, 0.4) is 0 Å². The van der Waals surface area contributed by atoms with Gasteiger partial charge in [-0.05, 0) is 56.8 Å². The SMILES string of the molecule is CCCNC(c1ccc(OC(C)C)cc1)C1OCCC1C. The summed E-state index contributed by atoms with van der Waals surface area (Å²) in [6.45, 7) is 10.5. The van der Waals surface area contributed by atoms with E-state index in [1.54, 1.807) is 0 Å². The zero-order chi connectivity index (χ0) is 15.2. The van der Waals surface area contributed by atoms with Crippen molar-refractivity contribution in [3.05, 3.63) is 29.8 Å². The molecule has 0 aliphatic carbocycles. The van der Waals surface area contributed by atoms with E-state index in [9.17, 15) is 0 Å². The Morgan fingerprint density at radius 3 is 2.52 bits per heavy atom. The minimum absolute atomic E-state index is 0.211. The van der Waals surface area contributed by atoms with Gasteiger partial charge in [0, 0.05) is 6.61 Å². The molecule has 118 valence electrons. The van der Waals surface area contributed by atoms with Gasteiger partial charge in [-0.1, -0.05) is 26.0 Å². The van der Waals surface area contributed by atoms with Gasteiger partial charge in [-0.2, -0.15) is 0 Å². The second-order valence-corrected chi connectivity index (χ2v) is 6.27. The minimum atomic E-state index is 0.211. The van der Waals surface area contributed by atoms with Crippen LogP contribution in [0.2, 0.25) is 0 Å². The van der Waals surface area contributed by atoms with Gasteiger partial charge in [0.15, 0.2) is 0 Å². The average Bonchev–Trinajstić information content (AvgIpc) is 2.87. The van der Waals surface area contributed by atoms with Crippen molar-refractivity contribution in [1.29, 1.82) is 0 Å². The molecule has 2 rings (SSSR count). The zero-order valence-electron chi connectivity index (χ0n) is 13.8. The number of benzene rings is 1. The molecule has 0 aromatic heterocycles. The van der Waals surface area contributed by atoms with Crippen LogP contribution in [0.1, 0.15) is 52.1 Å². The van der Waals surface area contributed by atoms with Gasteiger partial charge in [0.1, 0.15) is 5.75 Å². The van der Waals surface area contributed by atoms with Gasteiger partial charge in [-0.3, -0.25) is 0 Å². The van der Waals surface area contributed by atoms with Crippen LogP contribution in [0.15, 0.2) is 24.3 Å². The maximum atomic E-state index is 5.98. The minimum Gasteiger partial charge on any atom is -0.491 e. The second-order valence-electron chi connectivity index (χ2n) is 6.27. The lowest BCUT2D eigenvalue weighted by Crippen LogP contribution is -2.35. The second kappa shape index (κ2) is 7.81. The lowest BCUT2D eigenvalue weighted by Gasteiger charge is -2.28. The Kier molecular flexibility index (Phi) is 6.07. The van der Waals surface area contributed by atoms with Crippen LogP contribution < -0.4 is 10.1 Å². The van der Waals surface area contributed by atoms with Gasteiger partial charge < -0.3 is 14.8 Å². The maximum Gasteiger partial charge on any atom is 0.119 e. The van der Waals surface area contributed by atoms with E-state index in [1.165, 1.54) is 5.56 Å². The first-order chi connectivity index (χ1) is 10.1. The standard InChI is InChI=1S/C18H29NO2/c1-5-11-19-17(18-14(4)10-12-20-18)15-6-8-16(9-7-15)21-13(2)3/h6-9,13-14,17-19H,5,10-12H2,1-4H3. The van der Waals surface area contributed by atoms with Crippen LogP contribution in [0.4, 0.5) is 0 Å². The average molecular weight is 291 g/mol. The predicted octanol–water partition coefficient (Wildman–Crippen LogP) is 3.94. The Morgan fingerprint density at radius 2 is 2.00 bits per heavy atom. The highest BCUT2D eigenvalue weighted by Crippen LogP contribution is 2.32. The fourth-order valence-electron chi connectivity index (χ4n) is 2.89. The summed E-state index contributed by atoms with van der Waals surface area (Å²) >= 11 is 0. The van der Waals surface area contributed by atoms with Crippen LogP contribution in [0.5, 0.6) is 5.75 Å². The lowest BCUT2D eigenvalue weighted by atomic mass is 9.92. The first-order valence-electron chi connectivity index (χ1n) is 8.23. The number of rotatable bonds is 7. The largest absolute Gasteiger partial charge is 0.491 e.